The van der Waals surface area contributed by atoms with Gasteiger partial charge in [0.25, 0.3) is 0 Å². The molecule has 0 aliphatic carbocycles. The SMILES string of the molecule is C=CC(=O)Oc1ccc(-c2ccc(OCCC)cc2)cc1. The lowest BCUT2D eigenvalue weighted by atomic mass is 10.1. The third kappa shape index (κ3) is 4.21. The smallest absolute Gasteiger partial charge is 0.335 e. The number of ether oxygens (including phenoxy) is 2. The van der Waals surface area contributed by atoms with E-state index < -0.39 is 5.97 Å². The molecular weight excluding hydrogens is 264 g/mol. The molecule has 2 aromatic carbocycles. The molecule has 0 aromatic heterocycles. The molecule has 21 heavy (non-hydrogen) atoms. The monoisotopic (exact) mass is 282 g/mol. The van der Waals surface area contributed by atoms with Crippen molar-refractivity contribution in [3.8, 4) is 22.6 Å². The molecular formula is C18H18O3. The van der Waals surface area contributed by atoms with Crippen molar-refractivity contribution in [2.75, 3.05) is 6.61 Å². The number of carbonyl (C=O) groups excluding carboxylic acids is 1. The normalized spacial score (nSPS) is 9.95. The fraction of sp³-hybridized carbons (Fsp3) is 0.167. The van der Waals surface area contributed by atoms with Gasteiger partial charge in [0.2, 0.25) is 0 Å². The summed E-state index contributed by atoms with van der Waals surface area (Å²) in [6.07, 6.45) is 2.13. The van der Waals surface area contributed by atoms with E-state index in [1.54, 1.807) is 12.1 Å². The fourth-order valence-corrected chi connectivity index (χ4v) is 1.84. The van der Waals surface area contributed by atoms with E-state index in [-0.39, 0.29) is 0 Å². The van der Waals surface area contributed by atoms with Crippen LogP contribution in [0.3, 0.4) is 0 Å². The average molecular weight is 282 g/mol. The summed E-state index contributed by atoms with van der Waals surface area (Å²) in [7, 11) is 0. The van der Waals surface area contributed by atoms with Gasteiger partial charge in [-0.2, -0.15) is 0 Å². The second kappa shape index (κ2) is 7.29. The lowest BCUT2D eigenvalue weighted by Crippen LogP contribution is -2.02. The van der Waals surface area contributed by atoms with Gasteiger partial charge in [0, 0.05) is 6.08 Å². The van der Waals surface area contributed by atoms with Gasteiger partial charge >= 0.3 is 5.97 Å². The molecule has 0 amide bonds. The zero-order valence-electron chi connectivity index (χ0n) is 12.0. The summed E-state index contributed by atoms with van der Waals surface area (Å²) in [5, 5.41) is 0. The summed E-state index contributed by atoms with van der Waals surface area (Å²) in [4.78, 5) is 11.1. The highest BCUT2D eigenvalue weighted by Gasteiger charge is 2.02. The molecule has 3 nitrogen and oxygen atoms in total. The van der Waals surface area contributed by atoms with Crippen LogP contribution >= 0.6 is 0 Å². The number of hydrogen-bond donors (Lipinski definition) is 0. The second-order valence-electron chi connectivity index (χ2n) is 4.52. The minimum Gasteiger partial charge on any atom is -0.494 e. The van der Waals surface area contributed by atoms with Gasteiger partial charge in [-0.05, 0) is 41.8 Å². The number of carbonyl (C=O) groups is 1. The van der Waals surface area contributed by atoms with E-state index in [2.05, 4.69) is 13.5 Å². The maximum atomic E-state index is 11.1. The summed E-state index contributed by atoms with van der Waals surface area (Å²) >= 11 is 0. The van der Waals surface area contributed by atoms with E-state index in [4.69, 9.17) is 9.47 Å². The van der Waals surface area contributed by atoms with E-state index in [0.29, 0.717) is 5.75 Å². The van der Waals surface area contributed by atoms with Crippen molar-refractivity contribution < 1.29 is 14.3 Å². The van der Waals surface area contributed by atoms with E-state index in [1.165, 1.54) is 0 Å². The summed E-state index contributed by atoms with van der Waals surface area (Å²) in [5.41, 5.74) is 2.14. The van der Waals surface area contributed by atoms with E-state index >= 15 is 0 Å². The largest absolute Gasteiger partial charge is 0.494 e. The van der Waals surface area contributed by atoms with Crippen LogP contribution in [0.2, 0.25) is 0 Å². The first kappa shape index (κ1) is 14.9. The van der Waals surface area contributed by atoms with Crippen molar-refractivity contribution in [2.24, 2.45) is 0 Å². The third-order valence-electron chi connectivity index (χ3n) is 2.90. The van der Waals surface area contributed by atoms with Crippen molar-refractivity contribution in [2.45, 2.75) is 13.3 Å². The molecule has 2 aromatic rings. The van der Waals surface area contributed by atoms with Crippen molar-refractivity contribution in [3.63, 3.8) is 0 Å². The van der Waals surface area contributed by atoms with Crippen molar-refractivity contribution in [1.82, 2.24) is 0 Å². The Morgan fingerprint density at radius 1 is 1.00 bits per heavy atom. The predicted molar refractivity (Wildman–Crippen MR) is 83.5 cm³/mol. The molecule has 0 saturated heterocycles. The van der Waals surface area contributed by atoms with Gasteiger partial charge in [-0.25, -0.2) is 4.79 Å². The van der Waals surface area contributed by atoms with Crippen LogP contribution in [0.4, 0.5) is 0 Å². The van der Waals surface area contributed by atoms with Crippen molar-refractivity contribution in [1.29, 1.82) is 0 Å². The molecule has 0 heterocycles. The first-order valence-corrected chi connectivity index (χ1v) is 6.90. The quantitative estimate of drug-likeness (QED) is 0.452. The number of benzene rings is 2. The van der Waals surface area contributed by atoms with Gasteiger partial charge in [-0.1, -0.05) is 37.8 Å². The molecule has 0 bridgehead atoms. The second-order valence-corrected chi connectivity index (χ2v) is 4.52. The molecule has 0 aliphatic heterocycles. The van der Waals surface area contributed by atoms with Crippen LogP contribution in [0.25, 0.3) is 11.1 Å². The summed E-state index contributed by atoms with van der Waals surface area (Å²) < 4.78 is 10.6. The van der Waals surface area contributed by atoms with Gasteiger partial charge in [0.1, 0.15) is 11.5 Å². The molecule has 0 fully saturated rings. The number of hydrogen-bond acceptors (Lipinski definition) is 3. The molecule has 0 unspecified atom stereocenters. The van der Waals surface area contributed by atoms with E-state index in [1.807, 2.05) is 36.4 Å². The Bertz CT molecular complexity index is 597. The fourth-order valence-electron chi connectivity index (χ4n) is 1.84. The Kier molecular flexibility index (Phi) is 5.16. The summed E-state index contributed by atoms with van der Waals surface area (Å²) in [6, 6.07) is 15.3. The molecule has 0 spiro atoms. The maximum absolute atomic E-state index is 11.1. The first-order chi connectivity index (χ1) is 10.2. The van der Waals surface area contributed by atoms with Gasteiger partial charge in [-0.3, -0.25) is 0 Å². The predicted octanol–water partition coefficient (Wildman–Crippen LogP) is 4.23. The Labute approximate surface area is 124 Å². The van der Waals surface area contributed by atoms with Crippen LogP contribution in [0, 0.1) is 0 Å². The Morgan fingerprint density at radius 2 is 1.52 bits per heavy atom. The Morgan fingerprint density at radius 3 is 2.00 bits per heavy atom. The number of esters is 1. The Hall–Kier alpha value is -2.55. The maximum Gasteiger partial charge on any atom is 0.335 e. The molecule has 108 valence electrons. The molecule has 0 saturated carbocycles. The van der Waals surface area contributed by atoms with Gasteiger partial charge < -0.3 is 9.47 Å². The van der Waals surface area contributed by atoms with Gasteiger partial charge in [0.05, 0.1) is 6.61 Å². The zero-order chi connectivity index (χ0) is 15.1. The van der Waals surface area contributed by atoms with Crippen LogP contribution in [0.15, 0.2) is 61.2 Å². The highest BCUT2D eigenvalue weighted by Crippen LogP contribution is 2.24. The molecule has 0 aliphatic rings. The van der Waals surface area contributed by atoms with Gasteiger partial charge in [-0.15, -0.1) is 0 Å². The molecule has 0 atom stereocenters. The highest BCUT2D eigenvalue weighted by atomic mass is 16.5. The number of rotatable bonds is 6. The lowest BCUT2D eigenvalue weighted by Gasteiger charge is -2.07. The van der Waals surface area contributed by atoms with E-state index in [0.717, 1.165) is 36.0 Å². The van der Waals surface area contributed by atoms with E-state index in [9.17, 15) is 4.79 Å². The van der Waals surface area contributed by atoms with Crippen molar-refractivity contribution >= 4 is 5.97 Å². The molecule has 2 rings (SSSR count). The summed E-state index contributed by atoms with van der Waals surface area (Å²) in [6.45, 7) is 6.17. The molecule has 3 heteroatoms. The van der Waals surface area contributed by atoms with Crippen LogP contribution in [-0.4, -0.2) is 12.6 Å². The minimum absolute atomic E-state index is 0.458. The van der Waals surface area contributed by atoms with Crippen LogP contribution in [0.5, 0.6) is 11.5 Å². The molecule has 0 N–H and O–H groups in total. The lowest BCUT2D eigenvalue weighted by molar-refractivity contribution is -0.128. The minimum atomic E-state index is -0.458. The standard InChI is InChI=1S/C18H18O3/c1-3-13-20-16-9-5-14(6-10-16)15-7-11-17(12-8-15)21-18(19)4-2/h4-12H,2-3,13H2,1H3. The van der Waals surface area contributed by atoms with Crippen LogP contribution in [-0.2, 0) is 4.79 Å². The van der Waals surface area contributed by atoms with Crippen LogP contribution < -0.4 is 9.47 Å². The van der Waals surface area contributed by atoms with Gasteiger partial charge in [0.15, 0.2) is 0 Å². The topological polar surface area (TPSA) is 35.5 Å². The van der Waals surface area contributed by atoms with Crippen molar-refractivity contribution in [3.05, 3.63) is 61.2 Å². The highest BCUT2D eigenvalue weighted by molar-refractivity contribution is 5.83. The zero-order valence-corrected chi connectivity index (χ0v) is 12.0. The first-order valence-electron chi connectivity index (χ1n) is 6.90. The third-order valence-corrected chi connectivity index (χ3v) is 2.90. The Balaban J connectivity index is 2.07. The van der Waals surface area contributed by atoms with Crippen LogP contribution in [0.1, 0.15) is 13.3 Å². The molecule has 0 radical (unpaired) electrons. The summed E-state index contributed by atoms with van der Waals surface area (Å²) in [5.74, 6) is 0.920. The average Bonchev–Trinajstić information content (AvgIpc) is 2.54.